The van der Waals surface area contributed by atoms with Gasteiger partial charge in [-0.15, -0.1) is 11.3 Å². The molecule has 1 unspecified atom stereocenters. The van der Waals surface area contributed by atoms with Gasteiger partial charge in [0.05, 0.1) is 17.5 Å². The SMILES string of the molecule is CC1(C)OC(=O)C(C(c2cc(Br)cs2)c2c[nH]c3c(NS(C)(=O)=O)cccc23)C(=O)O1. The quantitative estimate of drug-likeness (QED) is 0.384. The molecule has 1 aromatic carbocycles. The second-order valence-corrected chi connectivity index (χ2v) is 11.3. The number of rotatable bonds is 5. The summed E-state index contributed by atoms with van der Waals surface area (Å²) in [5, 5.41) is 2.53. The summed E-state index contributed by atoms with van der Waals surface area (Å²) in [6.07, 6.45) is 2.74. The lowest BCUT2D eigenvalue weighted by atomic mass is 9.83. The predicted molar refractivity (Wildman–Crippen MR) is 120 cm³/mol. The van der Waals surface area contributed by atoms with E-state index in [1.165, 1.54) is 25.2 Å². The number of benzene rings is 1. The summed E-state index contributed by atoms with van der Waals surface area (Å²) in [6.45, 7) is 3.01. The Morgan fingerprint density at radius 2 is 1.90 bits per heavy atom. The Hall–Kier alpha value is -2.37. The molecular formula is C20H19BrN2O6S2. The van der Waals surface area contributed by atoms with Crippen molar-refractivity contribution in [2.75, 3.05) is 11.0 Å². The molecule has 4 rings (SSSR count). The summed E-state index contributed by atoms with van der Waals surface area (Å²) in [5.74, 6) is -4.57. The van der Waals surface area contributed by atoms with Crippen LogP contribution in [0, 0.1) is 5.92 Å². The minimum atomic E-state index is -3.50. The highest BCUT2D eigenvalue weighted by Gasteiger charge is 2.49. The summed E-state index contributed by atoms with van der Waals surface area (Å²) in [5.41, 5.74) is 1.56. The Kier molecular flexibility index (Phi) is 5.39. The molecule has 0 spiro atoms. The van der Waals surface area contributed by atoms with E-state index in [1.54, 1.807) is 24.4 Å². The van der Waals surface area contributed by atoms with Crippen LogP contribution in [-0.4, -0.2) is 37.4 Å². The first-order valence-corrected chi connectivity index (χ1v) is 12.8. The maximum absolute atomic E-state index is 12.9. The van der Waals surface area contributed by atoms with Gasteiger partial charge in [0.2, 0.25) is 10.0 Å². The molecule has 1 saturated heterocycles. The van der Waals surface area contributed by atoms with Gasteiger partial charge in [-0.05, 0) is 33.6 Å². The van der Waals surface area contributed by atoms with Crippen molar-refractivity contribution < 1.29 is 27.5 Å². The number of halogens is 1. The summed E-state index contributed by atoms with van der Waals surface area (Å²) in [6, 6.07) is 6.97. The number of ether oxygens (including phenoxy) is 2. The molecule has 2 N–H and O–H groups in total. The van der Waals surface area contributed by atoms with E-state index in [0.29, 0.717) is 22.2 Å². The topological polar surface area (TPSA) is 115 Å². The number of cyclic esters (lactones) is 2. The molecule has 0 amide bonds. The molecule has 0 aliphatic carbocycles. The van der Waals surface area contributed by atoms with Gasteiger partial charge in [0.15, 0.2) is 5.92 Å². The Morgan fingerprint density at radius 1 is 1.23 bits per heavy atom. The molecule has 3 heterocycles. The Morgan fingerprint density at radius 3 is 2.48 bits per heavy atom. The third kappa shape index (κ3) is 4.35. The molecule has 0 radical (unpaired) electrons. The molecule has 11 heteroatoms. The Labute approximate surface area is 191 Å². The smallest absolute Gasteiger partial charge is 0.324 e. The number of esters is 2. The van der Waals surface area contributed by atoms with Crippen LogP contribution in [0.3, 0.4) is 0 Å². The van der Waals surface area contributed by atoms with E-state index in [1.807, 2.05) is 11.4 Å². The molecule has 0 saturated carbocycles. The van der Waals surface area contributed by atoms with Crippen LogP contribution in [0.5, 0.6) is 0 Å². The second-order valence-electron chi connectivity index (χ2n) is 7.71. The molecule has 0 bridgehead atoms. The van der Waals surface area contributed by atoms with Crippen molar-refractivity contribution in [3.8, 4) is 0 Å². The summed E-state index contributed by atoms with van der Waals surface area (Å²) in [7, 11) is -3.50. The highest BCUT2D eigenvalue weighted by Crippen LogP contribution is 2.44. The van der Waals surface area contributed by atoms with Crippen molar-refractivity contribution in [2.24, 2.45) is 5.92 Å². The van der Waals surface area contributed by atoms with Crippen LogP contribution in [0.4, 0.5) is 5.69 Å². The lowest BCUT2D eigenvalue weighted by Gasteiger charge is -2.35. The molecule has 164 valence electrons. The molecule has 31 heavy (non-hydrogen) atoms. The van der Waals surface area contributed by atoms with Crippen LogP contribution in [0.1, 0.15) is 30.2 Å². The van der Waals surface area contributed by atoms with Crippen LogP contribution in [0.25, 0.3) is 10.9 Å². The van der Waals surface area contributed by atoms with E-state index in [4.69, 9.17) is 9.47 Å². The molecule has 1 aliphatic heterocycles. The van der Waals surface area contributed by atoms with Crippen LogP contribution in [0.15, 0.2) is 40.3 Å². The zero-order chi connectivity index (χ0) is 22.6. The van der Waals surface area contributed by atoms with Crippen molar-refractivity contribution in [1.82, 2.24) is 4.98 Å². The number of anilines is 1. The fraction of sp³-hybridized carbons (Fsp3) is 0.300. The van der Waals surface area contributed by atoms with E-state index in [2.05, 4.69) is 25.6 Å². The number of fused-ring (bicyclic) bond motifs is 1. The number of hydrogen-bond acceptors (Lipinski definition) is 7. The van der Waals surface area contributed by atoms with Gasteiger partial charge >= 0.3 is 11.9 Å². The maximum Gasteiger partial charge on any atom is 0.324 e. The second kappa shape index (κ2) is 7.64. The van der Waals surface area contributed by atoms with Crippen LogP contribution < -0.4 is 4.72 Å². The van der Waals surface area contributed by atoms with Gasteiger partial charge in [-0.3, -0.25) is 14.3 Å². The fourth-order valence-corrected chi connectivity index (χ4v) is 5.88. The number of carbonyl (C=O) groups excluding carboxylic acids is 2. The van der Waals surface area contributed by atoms with E-state index < -0.39 is 39.6 Å². The number of sulfonamides is 1. The Bertz CT molecular complexity index is 1270. The summed E-state index contributed by atoms with van der Waals surface area (Å²) in [4.78, 5) is 29.6. The number of aromatic nitrogens is 1. The van der Waals surface area contributed by atoms with Gasteiger partial charge in [-0.1, -0.05) is 12.1 Å². The normalized spacial score (nSPS) is 17.9. The minimum absolute atomic E-state index is 0.368. The van der Waals surface area contributed by atoms with Gasteiger partial charge in [0.1, 0.15) is 0 Å². The molecule has 2 aromatic heterocycles. The molecule has 1 atom stereocenters. The van der Waals surface area contributed by atoms with Crippen molar-refractivity contribution in [2.45, 2.75) is 25.6 Å². The Balaban J connectivity index is 1.88. The highest BCUT2D eigenvalue weighted by atomic mass is 79.9. The van der Waals surface area contributed by atoms with Gasteiger partial charge in [0, 0.05) is 46.1 Å². The lowest BCUT2D eigenvalue weighted by Crippen LogP contribution is -2.48. The summed E-state index contributed by atoms with van der Waals surface area (Å²) < 4.78 is 37.6. The zero-order valence-corrected chi connectivity index (χ0v) is 20.0. The molecule has 8 nitrogen and oxygen atoms in total. The summed E-state index contributed by atoms with van der Waals surface area (Å²) >= 11 is 4.81. The third-order valence-electron chi connectivity index (χ3n) is 4.81. The number of aromatic amines is 1. The molecule has 3 aromatic rings. The van der Waals surface area contributed by atoms with E-state index in [9.17, 15) is 18.0 Å². The van der Waals surface area contributed by atoms with E-state index in [0.717, 1.165) is 15.6 Å². The van der Waals surface area contributed by atoms with Crippen molar-refractivity contribution >= 4 is 65.8 Å². The first-order chi connectivity index (χ1) is 14.5. The number of nitrogens with one attached hydrogen (secondary N) is 2. The van der Waals surface area contributed by atoms with Gasteiger partial charge in [-0.25, -0.2) is 8.42 Å². The minimum Gasteiger partial charge on any atom is -0.422 e. The van der Waals surface area contributed by atoms with Crippen LogP contribution >= 0.6 is 27.3 Å². The zero-order valence-electron chi connectivity index (χ0n) is 16.8. The molecule has 1 aliphatic rings. The van der Waals surface area contributed by atoms with E-state index in [-0.39, 0.29) is 0 Å². The monoisotopic (exact) mass is 526 g/mol. The average molecular weight is 527 g/mol. The number of hydrogen-bond donors (Lipinski definition) is 2. The van der Waals surface area contributed by atoms with Gasteiger partial charge < -0.3 is 14.5 Å². The molecule has 1 fully saturated rings. The molecular weight excluding hydrogens is 508 g/mol. The largest absolute Gasteiger partial charge is 0.422 e. The first-order valence-electron chi connectivity index (χ1n) is 9.22. The van der Waals surface area contributed by atoms with E-state index >= 15 is 0 Å². The van der Waals surface area contributed by atoms with Gasteiger partial charge in [0.25, 0.3) is 5.79 Å². The highest BCUT2D eigenvalue weighted by molar-refractivity contribution is 9.10. The van der Waals surface area contributed by atoms with Gasteiger partial charge in [-0.2, -0.15) is 0 Å². The van der Waals surface area contributed by atoms with Crippen molar-refractivity contribution in [1.29, 1.82) is 0 Å². The van der Waals surface area contributed by atoms with Crippen LogP contribution in [-0.2, 0) is 29.1 Å². The number of para-hydroxylation sites is 1. The predicted octanol–water partition coefficient (Wildman–Crippen LogP) is 3.95. The van der Waals surface area contributed by atoms with Crippen molar-refractivity contribution in [3.05, 3.63) is 50.8 Å². The van der Waals surface area contributed by atoms with Crippen LogP contribution in [0.2, 0.25) is 0 Å². The lowest BCUT2D eigenvalue weighted by molar-refractivity contribution is -0.240. The van der Waals surface area contributed by atoms with Crippen molar-refractivity contribution in [3.63, 3.8) is 0 Å². The standard InChI is InChI=1S/C20H19BrN2O6S2/c1-20(2)28-18(24)16(19(25)29-20)15(14-7-10(21)9-30-14)12-8-22-17-11(12)5-4-6-13(17)23-31(3,26)27/h4-9,15-16,22-23H,1-3H3. The number of carbonyl (C=O) groups is 2. The fourth-order valence-electron chi connectivity index (χ4n) is 3.71. The maximum atomic E-state index is 12.9. The first kappa shape index (κ1) is 21.8. The number of H-pyrrole nitrogens is 1. The third-order valence-corrected chi connectivity index (χ3v) is 7.17. The average Bonchev–Trinajstić information content (AvgIpc) is 3.23. The number of thiophene rings is 1.